The minimum Gasteiger partial charge on any atom is -0.494 e. The van der Waals surface area contributed by atoms with Crippen LogP contribution in [0.3, 0.4) is 0 Å². The number of fused-ring (bicyclic) bond motifs is 2. The van der Waals surface area contributed by atoms with Gasteiger partial charge in [0.15, 0.2) is 0 Å². The first-order valence-corrected chi connectivity index (χ1v) is 8.45. The minimum absolute atomic E-state index is 0.224. The second-order valence-corrected chi connectivity index (χ2v) is 6.39. The number of nitrogens with one attached hydrogen (secondary N) is 1. The van der Waals surface area contributed by atoms with Crippen LogP contribution in [-0.4, -0.2) is 26.3 Å². The lowest BCUT2D eigenvalue weighted by Gasteiger charge is -2.32. The van der Waals surface area contributed by atoms with Crippen LogP contribution >= 0.6 is 0 Å². The molecule has 1 aromatic carbocycles. The normalized spacial score (nSPS) is 19.3. The Morgan fingerprint density at radius 1 is 1.19 bits per heavy atom. The highest BCUT2D eigenvalue weighted by molar-refractivity contribution is 5.48. The molecule has 0 radical (unpaired) electrons. The third-order valence-corrected chi connectivity index (χ3v) is 4.85. The average Bonchev–Trinajstić information content (AvgIpc) is 2.86. The van der Waals surface area contributed by atoms with Gasteiger partial charge in [-0.2, -0.15) is 0 Å². The van der Waals surface area contributed by atoms with Gasteiger partial charge in [0.25, 0.3) is 0 Å². The van der Waals surface area contributed by atoms with E-state index >= 15 is 0 Å². The molecular formula is C18H27NO2. The van der Waals surface area contributed by atoms with E-state index in [9.17, 15) is 0 Å². The summed E-state index contributed by atoms with van der Waals surface area (Å²) in [5.41, 5.74) is 1.59. The Labute approximate surface area is 128 Å². The van der Waals surface area contributed by atoms with E-state index in [1.807, 2.05) is 0 Å². The molecule has 2 heterocycles. The summed E-state index contributed by atoms with van der Waals surface area (Å²) >= 11 is 0. The summed E-state index contributed by atoms with van der Waals surface area (Å²) in [4.78, 5) is 0. The molecule has 21 heavy (non-hydrogen) atoms. The Kier molecular flexibility index (Phi) is 4.69. The van der Waals surface area contributed by atoms with E-state index in [2.05, 4.69) is 30.4 Å². The fraction of sp³-hybridized carbons (Fsp3) is 0.667. The van der Waals surface area contributed by atoms with E-state index in [4.69, 9.17) is 9.47 Å². The summed E-state index contributed by atoms with van der Waals surface area (Å²) in [7, 11) is 0. The van der Waals surface area contributed by atoms with E-state index in [0.717, 1.165) is 44.2 Å². The lowest BCUT2D eigenvalue weighted by Crippen LogP contribution is -2.40. The molecule has 0 aromatic heterocycles. The fourth-order valence-electron chi connectivity index (χ4n) is 3.47. The standard InChI is InChI=1S/C18H27NO2/c1-2-3-4-5-12-20-15-6-7-17-16(13-15)18(14-21-17)8-10-19-11-9-18/h6-7,13,19H,2-5,8-12,14H2,1H3. The van der Waals surface area contributed by atoms with Crippen LogP contribution in [0.2, 0.25) is 0 Å². The van der Waals surface area contributed by atoms with Gasteiger partial charge in [-0.25, -0.2) is 0 Å². The molecule has 0 atom stereocenters. The van der Waals surface area contributed by atoms with Gasteiger partial charge in [0.1, 0.15) is 11.5 Å². The number of benzene rings is 1. The van der Waals surface area contributed by atoms with E-state index in [0.29, 0.717) is 0 Å². The van der Waals surface area contributed by atoms with Crippen molar-refractivity contribution in [1.82, 2.24) is 5.32 Å². The van der Waals surface area contributed by atoms with Gasteiger partial charge in [0.05, 0.1) is 13.2 Å². The number of hydrogen-bond acceptors (Lipinski definition) is 3. The molecule has 1 saturated heterocycles. The first-order chi connectivity index (χ1) is 10.3. The van der Waals surface area contributed by atoms with E-state index < -0.39 is 0 Å². The van der Waals surface area contributed by atoms with Gasteiger partial charge in [-0.05, 0) is 50.6 Å². The zero-order chi connectivity index (χ0) is 14.5. The lowest BCUT2D eigenvalue weighted by molar-refractivity contribution is 0.220. The molecule has 1 aromatic rings. The minimum atomic E-state index is 0.224. The highest BCUT2D eigenvalue weighted by Gasteiger charge is 2.41. The Bertz CT molecular complexity index is 461. The second-order valence-electron chi connectivity index (χ2n) is 6.39. The van der Waals surface area contributed by atoms with Crippen LogP contribution in [0, 0.1) is 0 Å². The molecule has 0 aliphatic carbocycles. The van der Waals surface area contributed by atoms with Crippen LogP contribution in [0.15, 0.2) is 18.2 Å². The zero-order valence-corrected chi connectivity index (χ0v) is 13.1. The fourth-order valence-corrected chi connectivity index (χ4v) is 3.47. The highest BCUT2D eigenvalue weighted by Crippen LogP contribution is 2.45. The van der Waals surface area contributed by atoms with Crippen LogP contribution in [0.5, 0.6) is 11.5 Å². The number of hydrogen-bond donors (Lipinski definition) is 1. The summed E-state index contributed by atoms with van der Waals surface area (Å²) in [5, 5.41) is 3.45. The van der Waals surface area contributed by atoms with Crippen molar-refractivity contribution >= 4 is 0 Å². The number of piperidine rings is 1. The number of rotatable bonds is 6. The third-order valence-electron chi connectivity index (χ3n) is 4.85. The molecule has 1 spiro atoms. The predicted octanol–water partition coefficient (Wildman–Crippen LogP) is 3.66. The first kappa shape index (κ1) is 14.7. The van der Waals surface area contributed by atoms with Gasteiger partial charge in [-0.3, -0.25) is 0 Å². The third kappa shape index (κ3) is 3.18. The predicted molar refractivity (Wildman–Crippen MR) is 85.4 cm³/mol. The Morgan fingerprint density at radius 2 is 2.05 bits per heavy atom. The number of ether oxygens (including phenoxy) is 2. The molecular weight excluding hydrogens is 262 g/mol. The molecule has 0 saturated carbocycles. The summed E-state index contributed by atoms with van der Waals surface area (Å²) in [6.45, 7) is 6.08. The smallest absolute Gasteiger partial charge is 0.123 e. The Hall–Kier alpha value is -1.22. The van der Waals surface area contributed by atoms with Crippen LogP contribution in [-0.2, 0) is 5.41 Å². The van der Waals surface area contributed by atoms with Crippen molar-refractivity contribution in [3.05, 3.63) is 23.8 Å². The molecule has 116 valence electrons. The van der Waals surface area contributed by atoms with Crippen LogP contribution < -0.4 is 14.8 Å². The van der Waals surface area contributed by atoms with Crippen LogP contribution in [0.25, 0.3) is 0 Å². The van der Waals surface area contributed by atoms with Crippen LogP contribution in [0.4, 0.5) is 0 Å². The quantitative estimate of drug-likeness (QED) is 0.811. The molecule has 2 aliphatic rings. The van der Waals surface area contributed by atoms with Crippen molar-refractivity contribution in [2.45, 2.75) is 50.9 Å². The monoisotopic (exact) mass is 289 g/mol. The Morgan fingerprint density at radius 3 is 2.86 bits per heavy atom. The molecule has 0 unspecified atom stereocenters. The highest BCUT2D eigenvalue weighted by atomic mass is 16.5. The maximum Gasteiger partial charge on any atom is 0.123 e. The SMILES string of the molecule is CCCCCCOc1ccc2c(c1)C1(CCNCC1)CO2. The topological polar surface area (TPSA) is 30.5 Å². The summed E-state index contributed by atoms with van der Waals surface area (Å²) < 4.78 is 11.9. The van der Waals surface area contributed by atoms with Gasteiger partial charge in [-0.15, -0.1) is 0 Å². The van der Waals surface area contributed by atoms with Crippen molar-refractivity contribution < 1.29 is 9.47 Å². The average molecular weight is 289 g/mol. The zero-order valence-electron chi connectivity index (χ0n) is 13.1. The molecule has 2 aliphatic heterocycles. The summed E-state index contributed by atoms with van der Waals surface area (Å²) in [6.07, 6.45) is 7.32. The molecule has 3 heteroatoms. The molecule has 3 nitrogen and oxygen atoms in total. The van der Waals surface area contributed by atoms with Crippen molar-refractivity contribution in [1.29, 1.82) is 0 Å². The van der Waals surface area contributed by atoms with E-state index in [1.165, 1.54) is 37.7 Å². The van der Waals surface area contributed by atoms with Crippen molar-refractivity contribution in [3.63, 3.8) is 0 Å². The first-order valence-electron chi connectivity index (χ1n) is 8.45. The summed E-state index contributed by atoms with van der Waals surface area (Å²) in [5.74, 6) is 2.07. The molecule has 0 bridgehead atoms. The number of unbranched alkanes of at least 4 members (excludes halogenated alkanes) is 3. The van der Waals surface area contributed by atoms with Gasteiger partial charge in [0.2, 0.25) is 0 Å². The van der Waals surface area contributed by atoms with Gasteiger partial charge < -0.3 is 14.8 Å². The van der Waals surface area contributed by atoms with E-state index in [1.54, 1.807) is 0 Å². The largest absolute Gasteiger partial charge is 0.494 e. The molecule has 3 rings (SSSR count). The van der Waals surface area contributed by atoms with Crippen molar-refractivity contribution in [3.8, 4) is 11.5 Å². The lowest BCUT2D eigenvalue weighted by atomic mass is 9.75. The van der Waals surface area contributed by atoms with Gasteiger partial charge in [0, 0.05) is 11.0 Å². The summed E-state index contributed by atoms with van der Waals surface area (Å²) in [6, 6.07) is 6.37. The molecule has 1 N–H and O–H groups in total. The maximum absolute atomic E-state index is 5.94. The van der Waals surface area contributed by atoms with Gasteiger partial charge in [-0.1, -0.05) is 26.2 Å². The van der Waals surface area contributed by atoms with E-state index in [-0.39, 0.29) is 5.41 Å². The van der Waals surface area contributed by atoms with Crippen molar-refractivity contribution in [2.75, 3.05) is 26.3 Å². The molecule has 0 amide bonds. The molecule has 1 fully saturated rings. The Balaban J connectivity index is 1.64. The second kappa shape index (κ2) is 6.69. The van der Waals surface area contributed by atoms with Crippen molar-refractivity contribution in [2.24, 2.45) is 0 Å². The van der Waals surface area contributed by atoms with Crippen LogP contribution in [0.1, 0.15) is 51.0 Å². The maximum atomic E-state index is 5.94. The van der Waals surface area contributed by atoms with Gasteiger partial charge >= 0.3 is 0 Å².